The molecule has 94 valence electrons. The molecular weight excluding hydrogens is 234 g/mol. The molecule has 0 fully saturated rings. The van der Waals surface area contributed by atoms with E-state index in [1.807, 2.05) is 11.8 Å². The van der Waals surface area contributed by atoms with Gasteiger partial charge in [0.2, 0.25) is 0 Å². The first-order valence-corrected chi connectivity index (χ1v) is 6.51. The van der Waals surface area contributed by atoms with Gasteiger partial charge in [-0.05, 0) is 26.0 Å². The molecule has 0 aliphatic rings. The summed E-state index contributed by atoms with van der Waals surface area (Å²) in [7, 11) is 0. The Hall–Kier alpha value is -1.13. The van der Waals surface area contributed by atoms with E-state index in [0.29, 0.717) is 19.7 Å². The van der Waals surface area contributed by atoms with E-state index in [9.17, 15) is 4.79 Å². The Balaban J connectivity index is 2.53. The smallest absolute Gasteiger partial charge is 0.320 e. The molecule has 0 unspecified atom stereocenters. The molecule has 0 spiro atoms. The summed E-state index contributed by atoms with van der Waals surface area (Å²) in [5.74, 6) is -0.178. The van der Waals surface area contributed by atoms with Gasteiger partial charge in [0.25, 0.3) is 0 Å². The van der Waals surface area contributed by atoms with Gasteiger partial charge in [-0.1, -0.05) is 6.08 Å². The average molecular weight is 253 g/mol. The monoisotopic (exact) mass is 253 g/mol. The Bertz CT molecular complexity index is 373. The molecule has 1 heterocycles. The van der Waals surface area contributed by atoms with Gasteiger partial charge in [0.15, 0.2) is 0 Å². The zero-order chi connectivity index (χ0) is 12.7. The molecule has 0 radical (unpaired) electrons. The number of carbonyl (C=O) groups excluding carboxylic acids is 1. The maximum atomic E-state index is 11.4. The van der Waals surface area contributed by atoms with Crippen molar-refractivity contribution in [1.29, 1.82) is 0 Å². The Morgan fingerprint density at radius 2 is 2.35 bits per heavy atom. The van der Waals surface area contributed by atoms with E-state index in [4.69, 9.17) is 4.74 Å². The lowest BCUT2D eigenvalue weighted by molar-refractivity contribution is -0.144. The van der Waals surface area contributed by atoms with Crippen LogP contribution in [0, 0.1) is 6.92 Å². The third-order valence-corrected chi connectivity index (χ3v) is 3.21. The summed E-state index contributed by atoms with van der Waals surface area (Å²) < 4.78 is 4.95. The zero-order valence-corrected chi connectivity index (χ0v) is 11.3. The Labute approximate surface area is 107 Å². The van der Waals surface area contributed by atoms with Crippen molar-refractivity contribution in [1.82, 2.24) is 4.90 Å². The first-order chi connectivity index (χ1) is 8.15. The predicted molar refractivity (Wildman–Crippen MR) is 71.2 cm³/mol. The Morgan fingerprint density at radius 3 is 2.88 bits per heavy atom. The summed E-state index contributed by atoms with van der Waals surface area (Å²) in [6, 6.07) is 4.19. The van der Waals surface area contributed by atoms with E-state index < -0.39 is 0 Å². The van der Waals surface area contributed by atoms with Gasteiger partial charge in [-0.3, -0.25) is 9.69 Å². The van der Waals surface area contributed by atoms with Crippen LogP contribution in [0.15, 0.2) is 24.8 Å². The highest BCUT2D eigenvalue weighted by Crippen LogP contribution is 2.17. The number of hydrogen-bond acceptors (Lipinski definition) is 4. The second-order valence-corrected chi connectivity index (χ2v) is 5.15. The van der Waals surface area contributed by atoms with Crippen molar-refractivity contribution in [2.24, 2.45) is 0 Å². The first kappa shape index (κ1) is 13.9. The van der Waals surface area contributed by atoms with E-state index in [1.54, 1.807) is 17.4 Å². The summed E-state index contributed by atoms with van der Waals surface area (Å²) in [5, 5.41) is 0. The number of aryl methyl sites for hydroxylation is 1. The van der Waals surface area contributed by atoms with Crippen molar-refractivity contribution in [2.45, 2.75) is 20.4 Å². The quantitative estimate of drug-likeness (QED) is 0.552. The van der Waals surface area contributed by atoms with Crippen molar-refractivity contribution in [3.05, 3.63) is 34.5 Å². The highest BCUT2D eigenvalue weighted by atomic mass is 32.1. The fraction of sp³-hybridized carbons (Fsp3) is 0.462. The number of ether oxygens (including phenoxy) is 1. The highest BCUT2D eigenvalue weighted by molar-refractivity contribution is 7.11. The van der Waals surface area contributed by atoms with E-state index in [1.165, 1.54) is 9.75 Å². The molecule has 4 heteroatoms. The summed E-state index contributed by atoms with van der Waals surface area (Å²) in [4.78, 5) is 16.0. The van der Waals surface area contributed by atoms with Gasteiger partial charge in [-0.25, -0.2) is 0 Å². The zero-order valence-electron chi connectivity index (χ0n) is 10.4. The number of hydrogen-bond donors (Lipinski definition) is 0. The van der Waals surface area contributed by atoms with Gasteiger partial charge in [0, 0.05) is 22.8 Å². The van der Waals surface area contributed by atoms with Crippen molar-refractivity contribution >= 4 is 17.3 Å². The number of esters is 1. The maximum absolute atomic E-state index is 11.4. The Morgan fingerprint density at radius 1 is 1.59 bits per heavy atom. The topological polar surface area (TPSA) is 29.5 Å². The summed E-state index contributed by atoms with van der Waals surface area (Å²) >= 11 is 1.75. The molecule has 3 nitrogen and oxygen atoms in total. The fourth-order valence-corrected chi connectivity index (χ4v) is 2.48. The molecule has 17 heavy (non-hydrogen) atoms. The number of nitrogens with zero attached hydrogens (tertiary/aromatic N) is 1. The number of rotatable bonds is 7. The predicted octanol–water partition coefficient (Wildman–Crippen LogP) is 2.61. The van der Waals surface area contributed by atoms with Crippen molar-refractivity contribution < 1.29 is 9.53 Å². The van der Waals surface area contributed by atoms with Crippen LogP contribution in [-0.4, -0.2) is 30.6 Å². The summed E-state index contributed by atoms with van der Waals surface area (Å²) in [5.41, 5.74) is 0. The molecule has 0 atom stereocenters. The van der Waals surface area contributed by atoms with E-state index in [-0.39, 0.29) is 5.97 Å². The number of carbonyl (C=O) groups is 1. The summed E-state index contributed by atoms with van der Waals surface area (Å²) in [6.07, 6.45) is 1.81. The minimum atomic E-state index is -0.178. The molecule has 0 N–H and O–H groups in total. The second kappa shape index (κ2) is 7.25. The maximum Gasteiger partial charge on any atom is 0.320 e. The molecule has 0 aliphatic carbocycles. The lowest BCUT2D eigenvalue weighted by Gasteiger charge is -2.18. The van der Waals surface area contributed by atoms with Crippen LogP contribution in [0.1, 0.15) is 16.7 Å². The minimum Gasteiger partial charge on any atom is -0.465 e. The van der Waals surface area contributed by atoms with Gasteiger partial charge in [-0.15, -0.1) is 17.9 Å². The lowest BCUT2D eigenvalue weighted by atomic mass is 10.3. The molecule has 0 aromatic carbocycles. The van der Waals surface area contributed by atoms with Crippen molar-refractivity contribution in [3.8, 4) is 0 Å². The molecule has 1 aromatic heterocycles. The average Bonchev–Trinajstić information content (AvgIpc) is 2.64. The van der Waals surface area contributed by atoms with Gasteiger partial charge in [0.05, 0.1) is 13.2 Å². The third-order valence-electron chi connectivity index (χ3n) is 2.22. The molecule has 1 aromatic rings. The van der Waals surface area contributed by atoms with Crippen LogP contribution < -0.4 is 0 Å². The third kappa shape index (κ3) is 5.15. The van der Waals surface area contributed by atoms with E-state index >= 15 is 0 Å². The molecule has 0 saturated carbocycles. The largest absolute Gasteiger partial charge is 0.465 e. The van der Waals surface area contributed by atoms with Gasteiger partial charge < -0.3 is 4.74 Å². The molecule has 0 aliphatic heterocycles. The van der Waals surface area contributed by atoms with Crippen LogP contribution in [0.4, 0.5) is 0 Å². The van der Waals surface area contributed by atoms with Gasteiger partial charge in [-0.2, -0.15) is 0 Å². The van der Waals surface area contributed by atoms with Crippen LogP contribution >= 0.6 is 11.3 Å². The lowest BCUT2D eigenvalue weighted by Crippen LogP contribution is -2.30. The standard InChI is InChI=1S/C13H19NO2S/c1-4-8-14(10-13(15)16-5-2)9-12-7-6-11(3)17-12/h4,6-7H,1,5,8-10H2,2-3H3. The second-order valence-electron chi connectivity index (χ2n) is 3.78. The molecule has 0 saturated heterocycles. The first-order valence-electron chi connectivity index (χ1n) is 5.70. The summed E-state index contributed by atoms with van der Waals surface area (Å²) in [6.45, 7) is 9.81. The highest BCUT2D eigenvalue weighted by Gasteiger charge is 2.11. The van der Waals surface area contributed by atoms with Crippen LogP contribution in [0.5, 0.6) is 0 Å². The van der Waals surface area contributed by atoms with Crippen LogP contribution in [0.25, 0.3) is 0 Å². The number of thiophene rings is 1. The fourth-order valence-electron chi connectivity index (χ4n) is 1.55. The van der Waals surface area contributed by atoms with Gasteiger partial charge in [0.1, 0.15) is 0 Å². The van der Waals surface area contributed by atoms with Crippen molar-refractivity contribution in [2.75, 3.05) is 19.7 Å². The molecule has 0 bridgehead atoms. The molecule has 1 rings (SSSR count). The molecule has 0 amide bonds. The van der Waals surface area contributed by atoms with E-state index in [0.717, 1.165) is 6.54 Å². The van der Waals surface area contributed by atoms with Crippen LogP contribution in [0.2, 0.25) is 0 Å². The van der Waals surface area contributed by atoms with E-state index in [2.05, 4.69) is 25.6 Å². The van der Waals surface area contributed by atoms with Crippen molar-refractivity contribution in [3.63, 3.8) is 0 Å². The normalized spacial score (nSPS) is 10.5. The van der Waals surface area contributed by atoms with Gasteiger partial charge >= 0.3 is 5.97 Å². The van der Waals surface area contributed by atoms with Crippen LogP contribution in [0.3, 0.4) is 0 Å². The minimum absolute atomic E-state index is 0.178. The molecular formula is C13H19NO2S. The van der Waals surface area contributed by atoms with Crippen LogP contribution in [-0.2, 0) is 16.1 Å². The Kier molecular flexibility index (Phi) is 5.94. The SMILES string of the molecule is C=CCN(CC(=O)OCC)Cc1ccc(C)s1.